The number of hydrogen-bond acceptors (Lipinski definition) is 8. The van der Waals surface area contributed by atoms with E-state index in [0.29, 0.717) is 33.8 Å². The van der Waals surface area contributed by atoms with Gasteiger partial charge in [0.05, 0.1) is 35.9 Å². The minimum atomic E-state index is -0.472. The highest BCUT2D eigenvalue weighted by Gasteiger charge is 2.30. The summed E-state index contributed by atoms with van der Waals surface area (Å²) >= 11 is 2.93. The van der Waals surface area contributed by atoms with Gasteiger partial charge in [0.25, 0.3) is 0 Å². The lowest BCUT2D eigenvalue weighted by molar-refractivity contribution is -0.138. The van der Waals surface area contributed by atoms with Gasteiger partial charge in [-0.15, -0.1) is 21.5 Å². The molecule has 0 saturated carbocycles. The van der Waals surface area contributed by atoms with Crippen LogP contribution in [0.1, 0.15) is 19.4 Å². The second-order valence-corrected chi connectivity index (χ2v) is 9.41. The van der Waals surface area contributed by atoms with Crippen molar-refractivity contribution in [3.05, 3.63) is 52.5 Å². The zero-order chi connectivity index (χ0) is 24.2. The molecule has 2 N–H and O–H groups in total. The summed E-state index contributed by atoms with van der Waals surface area (Å²) in [5, 5.41) is 17.0. The monoisotopic (exact) mass is 499 g/mol. The van der Waals surface area contributed by atoms with Crippen molar-refractivity contribution in [2.75, 3.05) is 19.5 Å². The maximum absolute atomic E-state index is 12.6. The number of carbonyl (C=O) groups is 2. The zero-order valence-electron chi connectivity index (χ0n) is 19.2. The predicted molar refractivity (Wildman–Crippen MR) is 131 cm³/mol. The first-order valence-corrected chi connectivity index (χ1v) is 12.5. The molecular formula is C23H25N5O4S2. The lowest BCUT2D eigenvalue weighted by Crippen LogP contribution is -2.49. The molecule has 2 amide bonds. The SMILES string of the molecule is CCOC(=O)C1=C(CSc2nnc(-c3cccs3)n2-c2cc(C)ccc2OC)NC(=O)NC1C. The molecule has 0 radical (unpaired) electrons. The molecule has 4 rings (SSSR count). The summed E-state index contributed by atoms with van der Waals surface area (Å²) in [4.78, 5) is 25.7. The summed E-state index contributed by atoms with van der Waals surface area (Å²) in [6.07, 6.45) is 0. The number of carbonyl (C=O) groups excluding carboxylic acids is 2. The van der Waals surface area contributed by atoms with Crippen LogP contribution in [0.25, 0.3) is 16.4 Å². The van der Waals surface area contributed by atoms with Crippen molar-refractivity contribution < 1.29 is 19.1 Å². The Kier molecular flexibility index (Phi) is 7.23. The van der Waals surface area contributed by atoms with Crippen LogP contribution in [0, 0.1) is 6.92 Å². The van der Waals surface area contributed by atoms with Gasteiger partial charge in [-0.3, -0.25) is 4.57 Å². The normalized spacial score (nSPS) is 15.6. The second kappa shape index (κ2) is 10.3. The van der Waals surface area contributed by atoms with E-state index in [-0.39, 0.29) is 12.6 Å². The summed E-state index contributed by atoms with van der Waals surface area (Å²) in [5.41, 5.74) is 2.75. The van der Waals surface area contributed by atoms with Gasteiger partial charge in [-0.2, -0.15) is 0 Å². The van der Waals surface area contributed by atoms with Crippen molar-refractivity contribution >= 4 is 35.1 Å². The van der Waals surface area contributed by atoms with Gasteiger partial charge in [-0.05, 0) is 49.9 Å². The molecule has 1 aliphatic rings. The van der Waals surface area contributed by atoms with Crippen molar-refractivity contribution in [2.45, 2.75) is 32.0 Å². The number of benzene rings is 1. The molecule has 0 spiro atoms. The molecule has 34 heavy (non-hydrogen) atoms. The third kappa shape index (κ3) is 4.80. The predicted octanol–water partition coefficient (Wildman–Crippen LogP) is 3.92. The Morgan fingerprint density at radius 3 is 2.82 bits per heavy atom. The number of thiophene rings is 1. The zero-order valence-corrected chi connectivity index (χ0v) is 20.9. The molecule has 0 fully saturated rings. The fourth-order valence-electron chi connectivity index (χ4n) is 3.65. The highest BCUT2D eigenvalue weighted by atomic mass is 32.2. The van der Waals surface area contributed by atoms with Gasteiger partial charge in [0.2, 0.25) is 0 Å². The topological polar surface area (TPSA) is 107 Å². The molecule has 178 valence electrons. The minimum Gasteiger partial charge on any atom is -0.495 e. The molecule has 0 aliphatic carbocycles. The number of esters is 1. The lowest BCUT2D eigenvalue weighted by Gasteiger charge is -2.26. The van der Waals surface area contributed by atoms with Crippen LogP contribution in [0.5, 0.6) is 5.75 Å². The van der Waals surface area contributed by atoms with E-state index in [9.17, 15) is 9.59 Å². The van der Waals surface area contributed by atoms with Gasteiger partial charge < -0.3 is 20.1 Å². The maximum atomic E-state index is 12.6. The number of nitrogens with zero attached hydrogens (tertiary/aromatic N) is 3. The Labute approximate surface area is 205 Å². The van der Waals surface area contributed by atoms with Gasteiger partial charge in [-0.1, -0.05) is 23.9 Å². The molecule has 1 aliphatic heterocycles. The van der Waals surface area contributed by atoms with Crippen LogP contribution in [0.2, 0.25) is 0 Å². The van der Waals surface area contributed by atoms with E-state index in [2.05, 4.69) is 20.8 Å². The summed E-state index contributed by atoms with van der Waals surface area (Å²) in [6, 6.07) is 9.01. The lowest BCUT2D eigenvalue weighted by atomic mass is 10.1. The van der Waals surface area contributed by atoms with Crippen molar-refractivity contribution in [1.82, 2.24) is 25.4 Å². The molecule has 0 saturated heterocycles. The number of aryl methyl sites for hydroxylation is 1. The molecule has 1 unspecified atom stereocenters. The van der Waals surface area contributed by atoms with Gasteiger partial charge in [0.15, 0.2) is 11.0 Å². The second-order valence-electron chi connectivity index (χ2n) is 7.52. The molecule has 9 nitrogen and oxygen atoms in total. The van der Waals surface area contributed by atoms with E-state index < -0.39 is 12.0 Å². The van der Waals surface area contributed by atoms with E-state index >= 15 is 0 Å². The summed E-state index contributed by atoms with van der Waals surface area (Å²) in [6.45, 7) is 5.75. The average Bonchev–Trinajstić information content (AvgIpc) is 3.47. The van der Waals surface area contributed by atoms with E-state index in [1.165, 1.54) is 11.8 Å². The fourth-order valence-corrected chi connectivity index (χ4v) is 5.26. The van der Waals surface area contributed by atoms with E-state index in [0.717, 1.165) is 16.1 Å². The molecule has 3 aromatic rings. The Balaban J connectivity index is 1.76. The summed E-state index contributed by atoms with van der Waals surface area (Å²) in [7, 11) is 1.62. The Hall–Kier alpha value is -3.31. The first-order valence-electron chi connectivity index (χ1n) is 10.7. The third-order valence-corrected chi connectivity index (χ3v) is 6.98. The van der Waals surface area contributed by atoms with Crippen LogP contribution in [-0.4, -0.2) is 52.3 Å². The molecular weight excluding hydrogens is 474 g/mol. The number of ether oxygens (including phenoxy) is 2. The Bertz CT molecular complexity index is 1240. The van der Waals surface area contributed by atoms with E-state index in [1.807, 2.05) is 47.2 Å². The Morgan fingerprint density at radius 1 is 1.29 bits per heavy atom. The highest BCUT2D eigenvalue weighted by Crippen LogP contribution is 2.35. The van der Waals surface area contributed by atoms with Crippen LogP contribution in [0.3, 0.4) is 0 Å². The van der Waals surface area contributed by atoms with Crippen molar-refractivity contribution in [1.29, 1.82) is 0 Å². The largest absolute Gasteiger partial charge is 0.495 e. The van der Waals surface area contributed by atoms with Crippen LogP contribution in [0.15, 0.2) is 52.1 Å². The van der Waals surface area contributed by atoms with E-state index in [4.69, 9.17) is 9.47 Å². The maximum Gasteiger partial charge on any atom is 0.337 e. The fraction of sp³-hybridized carbons (Fsp3) is 0.304. The number of thioether (sulfide) groups is 1. The quantitative estimate of drug-likeness (QED) is 0.357. The number of amides is 2. The van der Waals surface area contributed by atoms with Gasteiger partial charge in [-0.25, -0.2) is 9.59 Å². The molecule has 0 bridgehead atoms. The van der Waals surface area contributed by atoms with Gasteiger partial charge in [0.1, 0.15) is 5.75 Å². The number of aromatic nitrogens is 3. The van der Waals surface area contributed by atoms with E-state index in [1.54, 1.807) is 32.3 Å². The highest BCUT2D eigenvalue weighted by molar-refractivity contribution is 7.99. The number of rotatable bonds is 8. The number of urea groups is 1. The van der Waals surface area contributed by atoms with Gasteiger partial charge >= 0.3 is 12.0 Å². The number of hydrogen-bond donors (Lipinski definition) is 2. The minimum absolute atomic E-state index is 0.245. The van der Waals surface area contributed by atoms with Crippen molar-refractivity contribution in [3.8, 4) is 22.1 Å². The van der Waals surface area contributed by atoms with Gasteiger partial charge in [0, 0.05) is 11.4 Å². The van der Waals surface area contributed by atoms with Crippen LogP contribution < -0.4 is 15.4 Å². The summed E-state index contributed by atoms with van der Waals surface area (Å²) in [5.74, 6) is 1.20. The average molecular weight is 500 g/mol. The first kappa shape index (κ1) is 23.8. The smallest absolute Gasteiger partial charge is 0.337 e. The summed E-state index contributed by atoms with van der Waals surface area (Å²) < 4.78 is 12.8. The third-order valence-electron chi connectivity index (χ3n) is 5.16. The molecule has 2 aromatic heterocycles. The van der Waals surface area contributed by atoms with Crippen molar-refractivity contribution in [2.24, 2.45) is 0 Å². The van der Waals surface area contributed by atoms with Crippen LogP contribution in [-0.2, 0) is 9.53 Å². The first-order chi connectivity index (χ1) is 16.4. The number of nitrogens with one attached hydrogen (secondary N) is 2. The molecule has 1 aromatic carbocycles. The number of methoxy groups -OCH3 is 1. The molecule has 3 heterocycles. The van der Waals surface area contributed by atoms with Crippen LogP contribution in [0.4, 0.5) is 4.79 Å². The molecule has 11 heteroatoms. The standard InChI is InChI=1S/C23H25N5O4S2/c1-5-32-21(29)19-14(3)24-22(30)25-15(19)12-34-23-27-26-20(18-7-6-10-33-18)28(23)16-11-13(2)8-9-17(16)31-4/h6-11,14H,5,12H2,1-4H3,(H2,24,25,30). The Morgan fingerprint density at radius 2 is 2.12 bits per heavy atom. The van der Waals surface area contributed by atoms with Crippen molar-refractivity contribution in [3.63, 3.8) is 0 Å². The van der Waals surface area contributed by atoms with Crippen LogP contribution >= 0.6 is 23.1 Å². The molecule has 1 atom stereocenters.